The molecule has 0 unspecified atom stereocenters. The van der Waals surface area contributed by atoms with Crippen molar-refractivity contribution in [2.45, 2.75) is 13.1 Å². The first-order valence-electron chi connectivity index (χ1n) is 3.90. The van der Waals surface area contributed by atoms with Crippen LogP contribution >= 0.6 is 11.3 Å². The molecule has 2 aromatic rings. The molecule has 0 fully saturated rings. The lowest BCUT2D eigenvalue weighted by molar-refractivity contribution is -0.138. The van der Waals surface area contributed by atoms with Gasteiger partial charge in [0.1, 0.15) is 0 Å². The van der Waals surface area contributed by atoms with Crippen LogP contribution in [0.1, 0.15) is 10.7 Å². The lowest BCUT2D eigenvalue weighted by Gasteiger charge is -1.97. The SMILES string of the molecule is Cc1ccn(-c2nnc(C(F)(F)F)s2)n1. The quantitative estimate of drug-likeness (QED) is 0.758. The fraction of sp³-hybridized carbons (Fsp3) is 0.286. The zero-order valence-corrected chi connectivity index (χ0v) is 8.30. The van der Waals surface area contributed by atoms with Crippen molar-refractivity contribution in [1.82, 2.24) is 20.0 Å². The van der Waals surface area contributed by atoms with Gasteiger partial charge in [0.05, 0.1) is 5.69 Å². The summed E-state index contributed by atoms with van der Waals surface area (Å²) in [5.41, 5.74) is 0.707. The van der Waals surface area contributed by atoms with E-state index in [0.717, 1.165) is 0 Å². The first kappa shape index (κ1) is 10.1. The van der Waals surface area contributed by atoms with Crippen molar-refractivity contribution in [1.29, 1.82) is 0 Å². The van der Waals surface area contributed by atoms with Crippen molar-refractivity contribution in [2.24, 2.45) is 0 Å². The van der Waals surface area contributed by atoms with Gasteiger partial charge in [-0.3, -0.25) is 0 Å². The highest BCUT2D eigenvalue weighted by atomic mass is 32.1. The molecule has 0 radical (unpaired) electrons. The maximum Gasteiger partial charge on any atom is 0.445 e. The van der Waals surface area contributed by atoms with Crippen LogP contribution in [0.2, 0.25) is 0 Å². The topological polar surface area (TPSA) is 43.6 Å². The van der Waals surface area contributed by atoms with Crippen molar-refractivity contribution in [3.63, 3.8) is 0 Å². The number of nitrogens with zero attached hydrogens (tertiary/aromatic N) is 4. The van der Waals surface area contributed by atoms with Crippen LogP contribution in [-0.2, 0) is 6.18 Å². The molecule has 0 saturated carbocycles. The fourth-order valence-electron chi connectivity index (χ4n) is 0.944. The van der Waals surface area contributed by atoms with Crippen molar-refractivity contribution in [3.05, 3.63) is 23.0 Å². The normalized spacial score (nSPS) is 12.0. The summed E-state index contributed by atoms with van der Waals surface area (Å²) in [5, 5.41) is 9.54. The Morgan fingerprint density at radius 2 is 2.07 bits per heavy atom. The first-order chi connectivity index (χ1) is 6.97. The van der Waals surface area contributed by atoms with Crippen molar-refractivity contribution in [3.8, 4) is 5.13 Å². The van der Waals surface area contributed by atoms with Gasteiger partial charge in [-0.2, -0.15) is 18.3 Å². The van der Waals surface area contributed by atoms with Gasteiger partial charge in [0.25, 0.3) is 0 Å². The van der Waals surface area contributed by atoms with Crippen LogP contribution in [0.15, 0.2) is 12.3 Å². The van der Waals surface area contributed by atoms with Gasteiger partial charge in [-0.25, -0.2) is 4.68 Å². The Morgan fingerprint density at radius 3 is 2.53 bits per heavy atom. The van der Waals surface area contributed by atoms with Crippen molar-refractivity contribution in [2.75, 3.05) is 0 Å². The van der Waals surface area contributed by atoms with Crippen LogP contribution in [0, 0.1) is 6.92 Å². The standard InChI is InChI=1S/C7H5F3N4S/c1-4-2-3-14(13-4)6-12-11-5(15-6)7(8,9)10/h2-3H,1H3. The van der Waals surface area contributed by atoms with E-state index >= 15 is 0 Å². The molecule has 2 aromatic heterocycles. The van der Waals surface area contributed by atoms with E-state index in [1.165, 1.54) is 10.9 Å². The summed E-state index contributed by atoms with van der Waals surface area (Å²) in [6.07, 6.45) is -2.91. The number of aromatic nitrogens is 4. The van der Waals surface area contributed by atoms with E-state index in [2.05, 4.69) is 15.3 Å². The monoisotopic (exact) mass is 234 g/mol. The van der Waals surface area contributed by atoms with Gasteiger partial charge in [0, 0.05) is 6.20 Å². The minimum absolute atomic E-state index is 0.107. The summed E-state index contributed by atoms with van der Waals surface area (Å²) < 4.78 is 37.9. The zero-order valence-electron chi connectivity index (χ0n) is 7.49. The third-order valence-corrected chi connectivity index (χ3v) is 2.53. The van der Waals surface area contributed by atoms with E-state index in [1.807, 2.05) is 0 Å². The molecule has 2 heterocycles. The molecule has 0 amide bonds. The lowest BCUT2D eigenvalue weighted by Crippen LogP contribution is -2.03. The largest absolute Gasteiger partial charge is 0.445 e. The molecule has 4 nitrogen and oxygen atoms in total. The van der Waals surface area contributed by atoms with Gasteiger partial charge in [-0.15, -0.1) is 10.2 Å². The Balaban J connectivity index is 2.36. The molecule has 0 N–H and O–H groups in total. The molecule has 0 spiro atoms. The molecule has 0 aliphatic carbocycles. The van der Waals surface area contributed by atoms with Crippen LogP contribution in [0.4, 0.5) is 13.2 Å². The second-order valence-corrected chi connectivity index (χ2v) is 3.75. The summed E-state index contributed by atoms with van der Waals surface area (Å²) in [4.78, 5) is 0. The number of rotatable bonds is 1. The Hall–Kier alpha value is -1.44. The summed E-state index contributed by atoms with van der Waals surface area (Å²) in [6, 6.07) is 1.68. The Labute approximate surface area is 86.4 Å². The molecule has 0 bridgehead atoms. The molecule has 0 aliphatic rings. The van der Waals surface area contributed by atoms with Gasteiger partial charge in [-0.05, 0) is 13.0 Å². The molecule has 0 saturated heterocycles. The van der Waals surface area contributed by atoms with E-state index in [-0.39, 0.29) is 5.13 Å². The number of aryl methyl sites for hydroxylation is 1. The molecule has 2 rings (SSSR count). The van der Waals surface area contributed by atoms with Crippen LogP contribution < -0.4 is 0 Å². The maximum atomic E-state index is 12.2. The molecular weight excluding hydrogens is 229 g/mol. The minimum Gasteiger partial charge on any atom is -0.212 e. The summed E-state index contributed by atoms with van der Waals surface area (Å²) in [5.74, 6) is 0. The molecule has 0 atom stereocenters. The van der Waals surface area contributed by atoms with Gasteiger partial charge in [-0.1, -0.05) is 11.3 Å². The van der Waals surface area contributed by atoms with Gasteiger partial charge in [0.15, 0.2) is 0 Å². The highest BCUT2D eigenvalue weighted by Gasteiger charge is 2.35. The Kier molecular flexibility index (Phi) is 2.22. The molecule has 0 aliphatic heterocycles. The van der Waals surface area contributed by atoms with E-state index in [1.54, 1.807) is 13.0 Å². The van der Waals surface area contributed by atoms with Gasteiger partial charge < -0.3 is 0 Å². The van der Waals surface area contributed by atoms with E-state index in [4.69, 9.17) is 0 Å². The Bertz CT molecular complexity index is 473. The average molecular weight is 234 g/mol. The summed E-state index contributed by atoms with van der Waals surface area (Å²) in [7, 11) is 0. The number of hydrogen-bond donors (Lipinski definition) is 0. The van der Waals surface area contributed by atoms with Crippen LogP contribution in [-0.4, -0.2) is 20.0 Å². The number of halogens is 3. The third-order valence-electron chi connectivity index (χ3n) is 1.58. The fourth-order valence-corrected chi connectivity index (χ4v) is 1.59. The smallest absolute Gasteiger partial charge is 0.212 e. The lowest BCUT2D eigenvalue weighted by atomic mass is 10.5. The Morgan fingerprint density at radius 1 is 1.33 bits per heavy atom. The average Bonchev–Trinajstić information content (AvgIpc) is 2.69. The number of hydrogen-bond acceptors (Lipinski definition) is 4. The van der Waals surface area contributed by atoms with E-state index < -0.39 is 11.2 Å². The van der Waals surface area contributed by atoms with E-state index in [0.29, 0.717) is 17.0 Å². The predicted molar refractivity (Wildman–Crippen MR) is 46.8 cm³/mol. The molecule has 15 heavy (non-hydrogen) atoms. The van der Waals surface area contributed by atoms with Gasteiger partial charge >= 0.3 is 6.18 Å². The van der Waals surface area contributed by atoms with Crippen LogP contribution in [0.25, 0.3) is 5.13 Å². The number of alkyl halides is 3. The molecular formula is C7H5F3N4S. The van der Waals surface area contributed by atoms with Crippen molar-refractivity contribution < 1.29 is 13.2 Å². The molecule has 0 aromatic carbocycles. The maximum absolute atomic E-state index is 12.2. The second kappa shape index (κ2) is 3.30. The second-order valence-electron chi connectivity index (χ2n) is 2.79. The highest BCUT2D eigenvalue weighted by molar-refractivity contribution is 7.13. The van der Waals surface area contributed by atoms with Crippen LogP contribution in [0.5, 0.6) is 0 Å². The summed E-state index contributed by atoms with van der Waals surface area (Å²) >= 11 is 0.459. The van der Waals surface area contributed by atoms with Crippen LogP contribution in [0.3, 0.4) is 0 Å². The van der Waals surface area contributed by atoms with E-state index in [9.17, 15) is 13.2 Å². The molecule has 8 heteroatoms. The summed E-state index contributed by atoms with van der Waals surface area (Å²) in [6.45, 7) is 1.74. The predicted octanol–water partition coefficient (Wildman–Crippen LogP) is 2.05. The minimum atomic E-state index is -4.45. The van der Waals surface area contributed by atoms with Crippen molar-refractivity contribution >= 4 is 11.3 Å². The van der Waals surface area contributed by atoms with Gasteiger partial charge in [0.2, 0.25) is 10.1 Å². The first-order valence-corrected chi connectivity index (χ1v) is 4.72. The zero-order chi connectivity index (χ0) is 11.1. The highest BCUT2D eigenvalue weighted by Crippen LogP contribution is 2.32. The third kappa shape index (κ3) is 1.99. The molecule has 80 valence electrons.